The monoisotopic (exact) mass is 491 g/mol. The van der Waals surface area contributed by atoms with Gasteiger partial charge in [-0.25, -0.2) is 4.39 Å². The van der Waals surface area contributed by atoms with E-state index in [2.05, 4.69) is 10.1 Å². The number of benzene rings is 2. The zero-order valence-electron chi connectivity index (χ0n) is 18.6. The zero-order chi connectivity index (χ0) is 25.3. The Labute approximate surface area is 197 Å². The Morgan fingerprint density at radius 1 is 1.11 bits per heavy atom. The summed E-state index contributed by atoms with van der Waals surface area (Å²) in [6.45, 7) is 1.60. The molecule has 2 aromatic carbocycles. The van der Waals surface area contributed by atoms with Crippen LogP contribution in [0.3, 0.4) is 0 Å². The van der Waals surface area contributed by atoms with Gasteiger partial charge >= 0.3 is 6.36 Å². The number of likely N-dealkylation sites (tertiary alicyclic amines) is 1. The molecule has 7 nitrogen and oxygen atoms in total. The van der Waals surface area contributed by atoms with E-state index in [-0.39, 0.29) is 24.8 Å². The summed E-state index contributed by atoms with van der Waals surface area (Å²) in [4.78, 5) is 39.3. The van der Waals surface area contributed by atoms with Gasteiger partial charge in [0.2, 0.25) is 11.8 Å². The van der Waals surface area contributed by atoms with Gasteiger partial charge in [-0.2, -0.15) is 0 Å². The van der Waals surface area contributed by atoms with E-state index in [1.807, 2.05) is 0 Å². The molecule has 3 aromatic rings. The van der Waals surface area contributed by atoms with Crippen LogP contribution in [0.1, 0.15) is 30.1 Å². The molecular formula is C24H21F4N3O4. The number of Topliss-reactive ketones (excluding diaryl/α,β-unsaturated/α-hetero) is 1. The van der Waals surface area contributed by atoms with Crippen LogP contribution in [0.5, 0.6) is 5.75 Å². The van der Waals surface area contributed by atoms with E-state index in [4.69, 9.17) is 0 Å². The Morgan fingerprint density at radius 2 is 1.86 bits per heavy atom. The van der Waals surface area contributed by atoms with Crippen LogP contribution in [0.25, 0.3) is 10.9 Å². The van der Waals surface area contributed by atoms with Crippen molar-refractivity contribution in [3.8, 4) is 5.75 Å². The van der Waals surface area contributed by atoms with Crippen LogP contribution in [0.4, 0.5) is 23.2 Å². The molecule has 2 heterocycles. The average Bonchev–Trinajstić information content (AvgIpc) is 3.41. The van der Waals surface area contributed by atoms with Crippen LogP contribution in [0.15, 0.2) is 48.7 Å². The van der Waals surface area contributed by atoms with Gasteiger partial charge < -0.3 is 19.5 Å². The number of rotatable bonds is 6. The number of ether oxygens (including phenoxy) is 1. The van der Waals surface area contributed by atoms with Crippen LogP contribution in [0.2, 0.25) is 0 Å². The fraction of sp³-hybridized carbons (Fsp3) is 0.292. The van der Waals surface area contributed by atoms with Gasteiger partial charge in [-0.1, -0.05) is 24.3 Å². The van der Waals surface area contributed by atoms with E-state index in [1.165, 1.54) is 11.8 Å². The standard InChI is InChI=1S/C24H21F4N3O4/c1-14(32)16-12-30(18-8-3-2-6-15(16)18)13-21(33)31-11-5-9-19(31)23(34)29-17-7-4-10-20(22(17)25)35-24(26,27)28/h2-4,6-8,10,12,19H,5,9,11,13H2,1H3,(H,29,34)/t19-/m0/s1. The first-order valence-corrected chi connectivity index (χ1v) is 10.8. The number of ketones is 1. The third kappa shape index (κ3) is 5.13. The second kappa shape index (κ2) is 9.40. The fourth-order valence-electron chi connectivity index (χ4n) is 4.26. The molecule has 1 fully saturated rings. The number of nitrogens with one attached hydrogen (secondary N) is 1. The molecule has 11 heteroatoms. The number of alkyl halides is 3. The Bertz CT molecular complexity index is 1300. The summed E-state index contributed by atoms with van der Waals surface area (Å²) in [6.07, 6.45) is -2.67. The number of hydrogen-bond donors (Lipinski definition) is 1. The third-order valence-corrected chi connectivity index (χ3v) is 5.80. The Hall–Kier alpha value is -3.89. The van der Waals surface area contributed by atoms with Gasteiger partial charge in [0.25, 0.3) is 0 Å². The number of carbonyl (C=O) groups is 3. The number of hydrogen-bond acceptors (Lipinski definition) is 4. The fourth-order valence-corrected chi connectivity index (χ4v) is 4.26. The molecule has 1 atom stereocenters. The Kier molecular flexibility index (Phi) is 6.51. The predicted molar refractivity (Wildman–Crippen MR) is 118 cm³/mol. The highest BCUT2D eigenvalue weighted by Crippen LogP contribution is 2.30. The number of carbonyl (C=O) groups excluding carboxylic acids is 3. The highest BCUT2D eigenvalue weighted by Gasteiger charge is 2.36. The molecule has 1 aromatic heterocycles. The summed E-state index contributed by atoms with van der Waals surface area (Å²) in [5.74, 6) is -3.70. The topological polar surface area (TPSA) is 80.6 Å². The van der Waals surface area contributed by atoms with Gasteiger partial charge in [0.1, 0.15) is 12.6 Å². The number of para-hydroxylation sites is 1. The highest BCUT2D eigenvalue weighted by atomic mass is 19.4. The van der Waals surface area contributed by atoms with Crippen LogP contribution in [0, 0.1) is 5.82 Å². The van der Waals surface area contributed by atoms with Crippen LogP contribution >= 0.6 is 0 Å². The molecule has 1 N–H and O–H groups in total. The number of halogens is 4. The van der Waals surface area contributed by atoms with Crippen molar-refractivity contribution < 1.29 is 36.7 Å². The van der Waals surface area contributed by atoms with Crippen LogP contribution in [-0.4, -0.2) is 46.0 Å². The van der Waals surface area contributed by atoms with Gasteiger partial charge in [-0.3, -0.25) is 14.4 Å². The number of amides is 2. The maximum absolute atomic E-state index is 14.5. The molecule has 4 rings (SSSR count). The van der Waals surface area contributed by atoms with Gasteiger partial charge in [-0.15, -0.1) is 13.2 Å². The van der Waals surface area contributed by atoms with Crippen LogP contribution in [-0.2, 0) is 16.1 Å². The minimum absolute atomic E-state index is 0.124. The number of aromatic nitrogens is 1. The summed E-state index contributed by atoms with van der Waals surface area (Å²) < 4.78 is 57.2. The Balaban J connectivity index is 1.51. The van der Waals surface area contributed by atoms with Crippen molar-refractivity contribution in [2.24, 2.45) is 0 Å². The molecule has 0 spiro atoms. The molecule has 1 aliphatic rings. The largest absolute Gasteiger partial charge is 0.573 e. The summed E-state index contributed by atoms with van der Waals surface area (Å²) in [6, 6.07) is 9.21. The lowest BCUT2D eigenvalue weighted by Gasteiger charge is -2.24. The smallest absolute Gasteiger partial charge is 0.403 e. The van der Waals surface area contributed by atoms with Gasteiger partial charge in [-0.05, 0) is 38.0 Å². The normalized spacial score (nSPS) is 15.9. The van der Waals surface area contributed by atoms with Crippen molar-refractivity contribution in [2.45, 2.75) is 38.7 Å². The lowest BCUT2D eigenvalue weighted by molar-refractivity contribution is -0.275. The van der Waals surface area contributed by atoms with Crippen molar-refractivity contribution >= 4 is 34.2 Å². The minimum atomic E-state index is -5.09. The Morgan fingerprint density at radius 3 is 2.57 bits per heavy atom. The molecule has 1 aliphatic heterocycles. The van der Waals surface area contributed by atoms with Crippen molar-refractivity contribution in [1.29, 1.82) is 0 Å². The quantitative estimate of drug-likeness (QED) is 0.407. The molecule has 0 radical (unpaired) electrons. The molecule has 0 unspecified atom stereocenters. The van der Waals surface area contributed by atoms with E-state index < -0.39 is 35.6 Å². The van der Waals surface area contributed by atoms with E-state index >= 15 is 0 Å². The van der Waals surface area contributed by atoms with Crippen molar-refractivity contribution in [3.05, 3.63) is 60.0 Å². The van der Waals surface area contributed by atoms with Crippen molar-refractivity contribution in [2.75, 3.05) is 11.9 Å². The first-order chi connectivity index (χ1) is 16.5. The van der Waals surface area contributed by atoms with E-state index in [0.29, 0.717) is 29.3 Å². The summed E-state index contributed by atoms with van der Waals surface area (Å²) in [5.41, 5.74) is 0.675. The predicted octanol–water partition coefficient (Wildman–Crippen LogP) is 4.51. The molecule has 0 saturated carbocycles. The van der Waals surface area contributed by atoms with Gasteiger partial charge in [0, 0.05) is 29.2 Å². The van der Waals surface area contributed by atoms with Gasteiger partial charge in [0.15, 0.2) is 17.3 Å². The second-order valence-electron chi connectivity index (χ2n) is 8.14. The SMILES string of the molecule is CC(=O)c1cn(CC(=O)N2CCC[C@H]2C(=O)Nc2cccc(OC(F)(F)F)c2F)c2ccccc12. The summed E-state index contributed by atoms with van der Waals surface area (Å²) >= 11 is 0. The summed E-state index contributed by atoms with van der Waals surface area (Å²) in [7, 11) is 0. The van der Waals surface area contributed by atoms with Crippen LogP contribution < -0.4 is 10.1 Å². The van der Waals surface area contributed by atoms with Crippen molar-refractivity contribution in [1.82, 2.24) is 9.47 Å². The lowest BCUT2D eigenvalue weighted by atomic mass is 10.1. The second-order valence-corrected chi connectivity index (χ2v) is 8.14. The number of anilines is 1. The lowest BCUT2D eigenvalue weighted by Crippen LogP contribution is -2.44. The van der Waals surface area contributed by atoms with E-state index in [1.54, 1.807) is 35.0 Å². The first-order valence-electron chi connectivity index (χ1n) is 10.8. The molecular weight excluding hydrogens is 470 g/mol. The maximum atomic E-state index is 14.5. The molecule has 1 saturated heterocycles. The van der Waals surface area contributed by atoms with Crippen molar-refractivity contribution in [3.63, 3.8) is 0 Å². The third-order valence-electron chi connectivity index (χ3n) is 5.80. The zero-order valence-corrected chi connectivity index (χ0v) is 18.6. The molecule has 0 bridgehead atoms. The molecule has 184 valence electrons. The van der Waals surface area contributed by atoms with Gasteiger partial charge in [0.05, 0.1) is 5.69 Å². The summed E-state index contributed by atoms with van der Waals surface area (Å²) in [5, 5.41) is 2.98. The molecule has 2 amide bonds. The van der Waals surface area contributed by atoms with E-state index in [0.717, 1.165) is 18.2 Å². The maximum Gasteiger partial charge on any atom is 0.573 e. The average molecular weight is 491 g/mol. The number of fused-ring (bicyclic) bond motifs is 1. The highest BCUT2D eigenvalue weighted by molar-refractivity contribution is 6.07. The molecule has 35 heavy (non-hydrogen) atoms. The minimum Gasteiger partial charge on any atom is -0.403 e. The first kappa shape index (κ1) is 24.2. The van der Waals surface area contributed by atoms with E-state index in [9.17, 15) is 31.9 Å². The molecule has 0 aliphatic carbocycles. The number of nitrogens with zero attached hydrogens (tertiary/aromatic N) is 2.